The number of hydrogen-bond donors (Lipinski definition) is 2. The Hall–Kier alpha value is -2.45. The predicted octanol–water partition coefficient (Wildman–Crippen LogP) is 3.02. The lowest BCUT2D eigenvalue weighted by Gasteiger charge is -2.09. The molecule has 0 fully saturated rings. The highest BCUT2D eigenvalue weighted by Crippen LogP contribution is 2.28. The number of carbonyl (C=O) groups excluding carboxylic acids is 1. The molecule has 2 aromatic carbocycles. The number of sulfone groups is 1. The van der Waals surface area contributed by atoms with Gasteiger partial charge in [-0.25, -0.2) is 13.4 Å². The molecule has 3 rings (SSSR count). The Morgan fingerprint density at radius 2 is 1.92 bits per heavy atom. The van der Waals surface area contributed by atoms with Crippen molar-refractivity contribution in [2.45, 2.75) is 18.2 Å². The molecular formula is C17H17N3O3S2. The lowest BCUT2D eigenvalue weighted by atomic mass is 10.1. The minimum atomic E-state index is -3.49. The average Bonchev–Trinajstić information content (AvgIpc) is 3.02. The van der Waals surface area contributed by atoms with Gasteiger partial charge in [-0.05, 0) is 30.2 Å². The van der Waals surface area contributed by atoms with Crippen LogP contribution >= 0.6 is 11.3 Å². The van der Waals surface area contributed by atoms with Crippen molar-refractivity contribution >= 4 is 42.4 Å². The number of aromatic nitrogens is 1. The fourth-order valence-corrected chi connectivity index (χ4v) is 4.25. The average molecular weight is 375 g/mol. The first-order valence-corrected chi connectivity index (χ1v) is 10.3. The highest BCUT2D eigenvalue weighted by molar-refractivity contribution is 7.90. The summed E-state index contributed by atoms with van der Waals surface area (Å²) in [7, 11) is -3.49. The van der Waals surface area contributed by atoms with Gasteiger partial charge in [-0.2, -0.15) is 0 Å². The molecule has 2 N–H and O–H groups in total. The number of fused-ring (bicyclic) bond motifs is 1. The van der Waals surface area contributed by atoms with Gasteiger partial charge in [-0.15, -0.1) is 0 Å². The van der Waals surface area contributed by atoms with Crippen LogP contribution in [0.15, 0.2) is 47.4 Å². The maximum Gasteiger partial charge on any atom is 0.270 e. The van der Waals surface area contributed by atoms with Crippen LogP contribution in [0, 0.1) is 0 Å². The molecule has 3 aromatic rings. The van der Waals surface area contributed by atoms with E-state index in [0.717, 1.165) is 28.5 Å². The Morgan fingerprint density at radius 1 is 1.16 bits per heavy atom. The molecule has 0 unspecified atom stereocenters. The Labute approximate surface area is 149 Å². The van der Waals surface area contributed by atoms with Crippen LogP contribution in [0.3, 0.4) is 0 Å². The zero-order valence-corrected chi connectivity index (χ0v) is 15.4. The number of nitrogens with one attached hydrogen (secondary N) is 2. The van der Waals surface area contributed by atoms with Gasteiger partial charge in [-0.3, -0.25) is 15.6 Å². The van der Waals surface area contributed by atoms with Crippen molar-refractivity contribution < 1.29 is 13.2 Å². The van der Waals surface area contributed by atoms with Gasteiger partial charge >= 0.3 is 0 Å². The van der Waals surface area contributed by atoms with Crippen LogP contribution < -0.4 is 10.9 Å². The molecule has 8 heteroatoms. The van der Waals surface area contributed by atoms with Crippen molar-refractivity contribution in [3.63, 3.8) is 0 Å². The molecule has 0 spiro atoms. The third-order valence-electron chi connectivity index (χ3n) is 3.70. The first kappa shape index (κ1) is 17.4. The summed E-state index contributed by atoms with van der Waals surface area (Å²) in [5, 5.41) is 0.543. The second-order valence-corrected chi connectivity index (χ2v) is 8.50. The van der Waals surface area contributed by atoms with E-state index in [1.165, 1.54) is 23.5 Å². The van der Waals surface area contributed by atoms with Crippen LogP contribution in [-0.2, 0) is 16.3 Å². The zero-order valence-electron chi connectivity index (χ0n) is 13.7. The van der Waals surface area contributed by atoms with Gasteiger partial charge in [0, 0.05) is 6.26 Å². The number of thiazole rings is 1. The standard InChI is InChI=1S/C17H17N3O3S2/c1-3-11-7-6-9-13-15(11)18-17(24-13)20-19-16(21)12-8-4-5-10-14(12)25(2,22)23/h4-10H,3H2,1-2H3,(H,18,20)(H,19,21). The number of carbonyl (C=O) groups is 1. The molecule has 1 heterocycles. The summed E-state index contributed by atoms with van der Waals surface area (Å²) in [6.45, 7) is 2.06. The SMILES string of the molecule is CCc1cccc2sc(NNC(=O)c3ccccc3S(C)(=O)=O)nc12. The maximum absolute atomic E-state index is 12.4. The Morgan fingerprint density at radius 3 is 2.64 bits per heavy atom. The first-order chi connectivity index (χ1) is 11.9. The van der Waals surface area contributed by atoms with Crippen LogP contribution in [0.25, 0.3) is 10.2 Å². The first-order valence-electron chi connectivity index (χ1n) is 7.64. The number of amides is 1. The molecule has 0 radical (unpaired) electrons. The predicted molar refractivity (Wildman–Crippen MR) is 99.6 cm³/mol. The number of nitrogens with zero attached hydrogens (tertiary/aromatic N) is 1. The number of para-hydroxylation sites is 1. The normalized spacial score (nSPS) is 11.4. The number of hydrogen-bond acceptors (Lipinski definition) is 6. The lowest BCUT2D eigenvalue weighted by molar-refractivity contribution is 0.0959. The highest BCUT2D eigenvalue weighted by atomic mass is 32.2. The van der Waals surface area contributed by atoms with E-state index in [2.05, 4.69) is 22.8 Å². The highest BCUT2D eigenvalue weighted by Gasteiger charge is 2.18. The van der Waals surface area contributed by atoms with E-state index in [0.29, 0.717) is 5.13 Å². The number of hydrazine groups is 1. The van der Waals surface area contributed by atoms with Gasteiger partial charge in [0.1, 0.15) is 0 Å². The monoisotopic (exact) mass is 375 g/mol. The second kappa shape index (κ2) is 6.81. The van der Waals surface area contributed by atoms with E-state index < -0.39 is 15.7 Å². The molecule has 0 aliphatic heterocycles. The molecule has 25 heavy (non-hydrogen) atoms. The second-order valence-electron chi connectivity index (χ2n) is 5.48. The summed E-state index contributed by atoms with van der Waals surface area (Å²) in [4.78, 5) is 16.8. The third kappa shape index (κ3) is 3.64. The Balaban J connectivity index is 1.82. The van der Waals surface area contributed by atoms with E-state index in [1.54, 1.807) is 12.1 Å². The minimum Gasteiger partial charge on any atom is -0.273 e. The molecule has 0 atom stereocenters. The van der Waals surface area contributed by atoms with Crippen molar-refractivity contribution in [2.24, 2.45) is 0 Å². The maximum atomic E-state index is 12.4. The number of benzene rings is 2. The van der Waals surface area contributed by atoms with E-state index in [-0.39, 0.29) is 10.5 Å². The summed E-state index contributed by atoms with van der Waals surface area (Å²) in [6, 6.07) is 12.1. The van der Waals surface area contributed by atoms with Crippen molar-refractivity contribution in [2.75, 3.05) is 11.7 Å². The number of anilines is 1. The van der Waals surface area contributed by atoms with Crippen LogP contribution in [0.2, 0.25) is 0 Å². The molecule has 130 valence electrons. The van der Waals surface area contributed by atoms with Crippen LogP contribution in [0.5, 0.6) is 0 Å². The van der Waals surface area contributed by atoms with Crippen molar-refractivity contribution in [3.05, 3.63) is 53.6 Å². The van der Waals surface area contributed by atoms with Gasteiger partial charge < -0.3 is 0 Å². The van der Waals surface area contributed by atoms with E-state index in [9.17, 15) is 13.2 Å². The largest absolute Gasteiger partial charge is 0.273 e. The molecule has 0 saturated heterocycles. The van der Waals surface area contributed by atoms with Gasteiger partial charge in [0.15, 0.2) is 9.84 Å². The van der Waals surface area contributed by atoms with Crippen molar-refractivity contribution in [1.82, 2.24) is 10.4 Å². The van der Waals surface area contributed by atoms with Crippen molar-refractivity contribution in [3.8, 4) is 0 Å². The molecule has 6 nitrogen and oxygen atoms in total. The number of rotatable bonds is 5. The van der Waals surface area contributed by atoms with Gasteiger partial charge in [0.25, 0.3) is 5.91 Å². The summed E-state index contributed by atoms with van der Waals surface area (Å²) in [5.74, 6) is -0.531. The molecule has 1 aromatic heterocycles. The number of aryl methyl sites for hydroxylation is 1. The summed E-state index contributed by atoms with van der Waals surface area (Å²) in [5.41, 5.74) is 7.43. The van der Waals surface area contributed by atoms with E-state index >= 15 is 0 Å². The van der Waals surface area contributed by atoms with Crippen LogP contribution in [0.4, 0.5) is 5.13 Å². The quantitative estimate of drug-likeness (QED) is 0.669. The Kier molecular flexibility index (Phi) is 4.73. The van der Waals surface area contributed by atoms with Gasteiger partial charge in [-0.1, -0.05) is 42.5 Å². The van der Waals surface area contributed by atoms with Gasteiger partial charge in [0.05, 0.1) is 20.7 Å². The van der Waals surface area contributed by atoms with Crippen LogP contribution in [-0.4, -0.2) is 25.6 Å². The smallest absolute Gasteiger partial charge is 0.270 e. The fourth-order valence-electron chi connectivity index (χ4n) is 2.50. The molecule has 1 amide bonds. The summed E-state index contributed by atoms with van der Waals surface area (Å²) in [6.07, 6.45) is 1.95. The minimum absolute atomic E-state index is 0.00753. The molecule has 0 bridgehead atoms. The fraction of sp³-hybridized carbons (Fsp3) is 0.176. The summed E-state index contributed by atoms with van der Waals surface area (Å²) >= 11 is 1.42. The van der Waals surface area contributed by atoms with Crippen LogP contribution in [0.1, 0.15) is 22.8 Å². The topological polar surface area (TPSA) is 88.2 Å². The molecular weight excluding hydrogens is 358 g/mol. The Bertz CT molecular complexity index is 1040. The molecule has 0 aliphatic carbocycles. The van der Waals surface area contributed by atoms with Gasteiger partial charge in [0.2, 0.25) is 5.13 Å². The molecule has 0 aliphatic rings. The lowest BCUT2D eigenvalue weighted by Crippen LogP contribution is -2.30. The molecule has 0 saturated carbocycles. The zero-order chi connectivity index (χ0) is 18.0. The summed E-state index contributed by atoms with van der Waals surface area (Å²) < 4.78 is 24.6. The van der Waals surface area contributed by atoms with Crippen molar-refractivity contribution in [1.29, 1.82) is 0 Å². The third-order valence-corrected chi connectivity index (χ3v) is 5.79. The van der Waals surface area contributed by atoms with E-state index in [1.807, 2.05) is 18.2 Å². The van der Waals surface area contributed by atoms with E-state index in [4.69, 9.17) is 0 Å².